The van der Waals surface area contributed by atoms with Gasteiger partial charge in [-0.25, -0.2) is 0 Å². The van der Waals surface area contributed by atoms with Crippen LogP contribution >= 0.6 is 0 Å². The van der Waals surface area contributed by atoms with E-state index in [0.29, 0.717) is 30.8 Å². The average molecular weight is 365 g/mol. The molecule has 1 aliphatic carbocycles. The number of rotatable bonds is 4. The molecular formula is C16H23O4Rb. The molecule has 3 unspecified atom stereocenters. The Kier molecular flexibility index (Phi) is 8.76. The monoisotopic (exact) mass is 364 g/mol. The summed E-state index contributed by atoms with van der Waals surface area (Å²) < 4.78 is 10.6. The number of cyclic esters (lactones) is 1. The maximum atomic E-state index is 12.0. The standard InChI is InChI=1S/C16H23O4.Rb/c1-3-11(2)15(17)19-10-14-8-12-6-4-5-7-13(12)9-20-16(14)18;/h4-5,12-14H,3,6-10H2,1-2H3;/q-1;+1. The summed E-state index contributed by atoms with van der Waals surface area (Å²) in [6.45, 7) is 4.31. The number of hydrogen-bond donors (Lipinski definition) is 0. The van der Waals surface area contributed by atoms with Crippen molar-refractivity contribution in [1.82, 2.24) is 0 Å². The van der Waals surface area contributed by atoms with Crippen LogP contribution in [0.15, 0.2) is 12.2 Å². The Morgan fingerprint density at radius 1 is 1.38 bits per heavy atom. The smallest absolute Gasteiger partial charge is 0.487 e. The van der Waals surface area contributed by atoms with Crippen LogP contribution in [-0.4, -0.2) is 25.2 Å². The minimum atomic E-state index is -0.315. The number of carbonyl (C=O) groups is 2. The third kappa shape index (κ3) is 5.49. The minimum absolute atomic E-state index is 0. The van der Waals surface area contributed by atoms with E-state index in [4.69, 9.17) is 9.47 Å². The van der Waals surface area contributed by atoms with Crippen LogP contribution in [-0.2, 0) is 19.1 Å². The normalized spacial score (nSPS) is 27.7. The van der Waals surface area contributed by atoms with Gasteiger partial charge in [0.1, 0.15) is 6.61 Å². The largest absolute Gasteiger partial charge is 1.00 e. The first-order chi connectivity index (χ1) is 9.61. The molecule has 0 aromatic rings. The van der Waals surface area contributed by atoms with Gasteiger partial charge in [-0.3, -0.25) is 15.5 Å². The molecule has 21 heavy (non-hydrogen) atoms. The van der Waals surface area contributed by atoms with Gasteiger partial charge < -0.3 is 9.47 Å². The second-order valence-electron chi connectivity index (χ2n) is 5.76. The number of allylic oxidation sites excluding steroid dienone is 2. The zero-order valence-corrected chi connectivity index (χ0v) is 18.2. The Bertz CT molecular complexity index is 394. The molecule has 0 radical (unpaired) electrons. The van der Waals surface area contributed by atoms with Gasteiger partial charge in [0.2, 0.25) is 0 Å². The van der Waals surface area contributed by atoms with E-state index in [2.05, 4.69) is 12.2 Å². The van der Waals surface area contributed by atoms with Gasteiger partial charge in [0, 0.05) is 0 Å². The Morgan fingerprint density at radius 3 is 2.71 bits per heavy atom. The van der Waals surface area contributed by atoms with E-state index in [1.165, 1.54) is 0 Å². The van der Waals surface area contributed by atoms with Crippen molar-refractivity contribution in [1.29, 1.82) is 0 Å². The molecule has 1 heterocycles. The van der Waals surface area contributed by atoms with Crippen LogP contribution in [0, 0.1) is 23.7 Å². The molecule has 0 bridgehead atoms. The maximum Gasteiger partial charge on any atom is 1.00 e. The number of ether oxygens (including phenoxy) is 2. The maximum absolute atomic E-state index is 12.0. The molecule has 0 saturated carbocycles. The van der Waals surface area contributed by atoms with Crippen LogP contribution in [0.4, 0.5) is 0 Å². The number of carbonyl (C=O) groups excluding carboxylic acids is 2. The molecule has 2 aliphatic rings. The van der Waals surface area contributed by atoms with Gasteiger partial charge in [-0.1, -0.05) is 19.1 Å². The van der Waals surface area contributed by atoms with Crippen molar-refractivity contribution < 1.29 is 77.3 Å². The second-order valence-corrected chi connectivity index (χ2v) is 5.76. The van der Waals surface area contributed by atoms with Crippen molar-refractivity contribution in [3.8, 4) is 0 Å². The number of fused-ring (bicyclic) bond motifs is 1. The zero-order valence-electron chi connectivity index (χ0n) is 13.3. The van der Waals surface area contributed by atoms with Crippen molar-refractivity contribution in [2.45, 2.75) is 39.5 Å². The summed E-state index contributed by atoms with van der Waals surface area (Å²) in [7, 11) is 0. The molecule has 5 heteroatoms. The van der Waals surface area contributed by atoms with Crippen LogP contribution in [0.2, 0.25) is 0 Å². The predicted molar refractivity (Wildman–Crippen MR) is 74.6 cm³/mol. The van der Waals surface area contributed by atoms with Gasteiger partial charge in [0.15, 0.2) is 5.97 Å². The summed E-state index contributed by atoms with van der Waals surface area (Å²) in [6, 6.07) is 0. The van der Waals surface area contributed by atoms with Gasteiger partial charge in [-0.05, 0) is 31.1 Å². The van der Waals surface area contributed by atoms with Gasteiger partial charge in [-0.2, -0.15) is 13.3 Å². The van der Waals surface area contributed by atoms with Gasteiger partial charge in [0.25, 0.3) is 0 Å². The first kappa shape index (κ1) is 19.4. The van der Waals surface area contributed by atoms with Crippen LogP contribution in [0.3, 0.4) is 0 Å². The van der Waals surface area contributed by atoms with Crippen LogP contribution in [0.1, 0.15) is 39.5 Å². The summed E-state index contributed by atoms with van der Waals surface area (Å²) in [5.41, 5.74) is 0. The molecule has 0 aromatic carbocycles. The summed E-state index contributed by atoms with van der Waals surface area (Å²) in [5, 5.41) is 0. The Labute approximate surface area is 175 Å². The SMILES string of the molecule is CC[C-](C)C(=O)OCC1CC2CC=CCC2COC1=O.[Rb+]. The summed E-state index contributed by atoms with van der Waals surface area (Å²) in [5.74, 6) is 0.738. The third-order valence-corrected chi connectivity index (χ3v) is 4.37. The second kappa shape index (κ2) is 9.48. The first-order valence-corrected chi connectivity index (χ1v) is 7.43. The summed E-state index contributed by atoms with van der Waals surface area (Å²) in [6.07, 6.45) is 7.73. The molecule has 1 fully saturated rings. The molecular weight excluding hydrogens is 342 g/mol. The molecule has 0 amide bonds. The number of hydrogen-bond acceptors (Lipinski definition) is 4. The quantitative estimate of drug-likeness (QED) is 0.390. The molecule has 0 aromatic heterocycles. The Hall–Kier alpha value is 0.355. The molecule has 0 spiro atoms. The molecule has 1 aliphatic heterocycles. The van der Waals surface area contributed by atoms with E-state index in [-0.39, 0.29) is 82.7 Å². The molecule has 2 rings (SSSR count). The first-order valence-electron chi connectivity index (χ1n) is 7.43. The minimum Gasteiger partial charge on any atom is -0.487 e. The van der Waals surface area contributed by atoms with Crippen LogP contribution < -0.4 is 58.2 Å². The van der Waals surface area contributed by atoms with E-state index in [1.54, 1.807) is 6.92 Å². The Morgan fingerprint density at radius 2 is 2.05 bits per heavy atom. The third-order valence-electron chi connectivity index (χ3n) is 4.37. The fourth-order valence-corrected chi connectivity index (χ4v) is 2.77. The van der Waals surface area contributed by atoms with E-state index in [9.17, 15) is 9.59 Å². The molecule has 112 valence electrons. The van der Waals surface area contributed by atoms with Gasteiger partial charge in [0.05, 0.1) is 12.5 Å². The van der Waals surface area contributed by atoms with Crippen molar-refractivity contribution in [2.24, 2.45) is 17.8 Å². The van der Waals surface area contributed by atoms with Crippen molar-refractivity contribution in [3.05, 3.63) is 18.1 Å². The van der Waals surface area contributed by atoms with Gasteiger partial charge in [-0.15, -0.1) is 0 Å². The summed E-state index contributed by atoms with van der Waals surface area (Å²) in [4.78, 5) is 23.6. The van der Waals surface area contributed by atoms with E-state index < -0.39 is 0 Å². The van der Waals surface area contributed by atoms with Crippen molar-refractivity contribution in [2.75, 3.05) is 13.2 Å². The van der Waals surface area contributed by atoms with E-state index >= 15 is 0 Å². The zero-order chi connectivity index (χ0) is 14.5. The van der Waals surface area contributed by atoms with Crippen LogP contribution in [0.25, 0.3) is 0 Å². The van der Waals surface area contributed by atoms with E-state index in [0.717, 1.165) is 19.3 Å². The van der Waals surface area contributed by atoms with Crippen molar-refractivity contribution in [3.63, 3.8) is 0 Å². The molecule has 4 nitrogen and oxygen atoms in total. The molecule has 1 saturated heterocycles. The fourth-order valence-electron chi connectivity index (χ4n) is 2.77. The predicted octanol–water partition coefficient (Wildman–Crippen LogP) is -0.317. The van der Waals surface area contributed by atoms with Crippen LogP contribution in [0.5, 0.6) is 0 Å². The topological polar surface area (TPSA) is 52.6 Å². The van der Waals surface area contributed by atoms with E-state index in [1.807, 2.05) is 6.92 Å². The fraction of sp³-hybridized carbons (Fsp3) is 0.688. The molecule has 0 N–H and O–H groups in total. The van der Waals surface area contributed by atoms with Crippen molar-refractivity contribution >= 4 is 11.9 Å². The number of esters is 2. The summed E-state index contributed by atoms with van der Waals surface area (Å²) >= 11 is 0. The average Bonchev–Trinajstić information content (AvgIpc) is 2.63. The molecule has 3 atom stereocenters. The Balaban J connectivity index is 0.00000220. The van der Waals surface area contributed by atoms with Gasteiger partial charge >= 0.3 is 64.2 Å².